The molecule has 2 heterocycles. The Morgan fingerprint density at radius 2 is 1.82 bits per heavy atom. The van der Waals surface area contributed by atoms with Gasteiger partial charge in [-0.1, -0.05) is 41.9 Å². The number of para-hydroxylation sites is 1. The van der Waals surface area contributed by atoms with Gasteiger partial charge in [-0.2, -0.15) is 0 Å². The first-order chi connectivity index (χ1) is 13.4. The van der Waals surface area contributed by atoms with Crippen molar-refractivity contribution < 1.29 is 14.4 Å². The van der Waals surface area contributed by atoms with Gasteiger partial charge in [0.1, 0.15) is 0 Å². The first-order valence-electron chi connectivity index (χ1n) is 9.13. The first-order valence-corrected chi connectivity index (χ1v) is 9.51. The van der Waals surface area contributed by atoms with Crippen LogP contribution in [-0.4, -0.2) is 35.3 Å². The van der Waals surface area contributed by atoms with Crippen molar-refractivity contribution in [1.29, 1.82) is 0 Å². The lowest BCUT2D eigenvalue weighted by Crippen LogP contribution is -2.69. The Balaban J connectivity index is 1.75. The van der Waals surface area contributed by atoms with Gasteiger partial charge in [0, 0.05) is 24.9 Å². The molecule has 0 aliphatic carbocycles. The van der Waals surface area contributed by atoms with Crippen LogP contribution < -0.4 is 10.2 Å². The monoisotopic (exact) mass is 397 g/mol. The number of anilines is 1. The Labute approximate surface area is 168 Å². The van der Waals surface area contributed by atoms with Crippen LogP contribution in [-0.2, 0) is 9.59 Å². The maximum absolute atomic E-state index is 13.5. The van der Waals surface area contributed by atoms with Crippen LogP contribution in [0.3, 0.4) is 0 Å². The van der Waals surface area contributed by atoms with Crippen molar-refractivity contribution in [2.75, 3.05) is 11.9 Å². The summed E-state index contributed by atoms with van der Waals surface area (Å²) in [5.74, 6) is -0.842. The third-order valence-corrected chi connectivity index (χ3v) is 5.97. The highest BCUT2D eigenvalue weighted by atomic mass is 35.5. The predicted octanol–water partition coefficient (Wildman–Crippen LogP) is 3.13. The smallest absolute Gasteiger partial charge is 0.267 e. The summed E-state index contributed by atoms with van der Waals surface area (Å²) in [4.78, 5) is 42.0. The van der Waals surface area contributed by atoms with Gasteiger partial charge in [0.2, 0.25) is 11.6 Å². The van der Waals surface area contributed by atoms with E-state index in [9.17, 15) is 14.4 Å². The van der Waals surface area contributed by atoms with Crippen LogP contribution in [0.2, 0.25) is 5.02 Å². The number of hydrogen-bond acceptors (Lipinski definition) is 3. The lowest BCUT2D eigenvalue weighted by Gasteiger charge is -2.47. The number of likely N-dealkylation sites (N-methyl/N-ethyl adjacent to an activating group) is 1. The van der Waals surface area contributed by atoms with Crippen molar-refractivity contribution in [2.45, 2.75) is 31.5 Å². The summed E-state index contributed by atoms with van der Waals surface area (Å²) in [6, 6.07) is 13.8. The van der Waals surface area contributed by atoms with Gasteiger partial charge in [-0.3, -0.25) is 19.3 Å². The molecular weight excluding hydrogens is 378 g/mol. The molecule has 1 saturated heterocycles. The number of nitrogens with one attached hydrogen (secondary N) is 1. The Kier molecular flexibility index (Phi) is 4.38. The van der Waals surface area contributed by atoms with E-state index in [1.54, 1.807) is 37.4 Å². The second kappa shape index (κ2) is 6.63. The fraction of sp³-hybridized carbons (Fsp3) is 0.286. The molecular formula is C21H20ClN3O3. The lowest BCUT2D eigenvalue weighted by molar-refractivity contribution is -0.133. The summed E-state index contributed by atoms with van der Waals surface area (Å²) >= 11 is 6.26. The first kappa shape index (κ1) is 18.5. The molecule has 0 radical (unpaired) electrons. The minimum absolute atomic E-state index is 0.174. The van der Waals surface area contributed by atoms with E-state index in [4.69, 9.17) is 11.6 Å². The molecule has 2 unspecified atom stereocenters. The van der Waals surface area contributed by atoms with E-state index in [2.05, 4.69) is 5.32 Å². The van der Waals surface area contributed by atoms with Crippen molar-refractivity contribution in [2.24, 2.45) is 0 Å². The fourth-order valence-corrected chi connectivity index (χ4v) is 4.44. The molecule has 2 aliphatic heterocycles. The van der Waals surface area contributed by atoms with E-state index in [-0.39, 0.29) is 30.7 Å². The Morgan fingerprint density at radius 3 is 2.57 bits per heavy atom. The average Bonchev–Trinajstić information content (AvgIpc) is 3.05. The van der Waals surface area contributed by atoms with Gasteiger partial charge >= 0.3 is 0 Å². The van der Waals surface area contributed by atoms with Gasteiger partial charge in [-0.15, -0.1) is 0 Å². The number of amides is 3. The number of hydrogen-bond donors (Lipinski definition) is 1. The van der Waals surface area contributed by atoms with Crippen molar-refractivity contribution in [3.05, 3.63) is 64.7 Å². The number of carbonyl (C=O) groups is 3. The van der Waals surface area contributed by atoms with E-state index in [0.29, 0.717) is 16.3 Å². The molecule has 0 bridgehead atoms. The van der Waals surface area contributed by atoms with Crippen LogP contribution >= 0.6 is 11.6 Å². The highest BCUT2D eigenvalue weighted by Gasteiger charge is 2.59. The van der Waals surface area contributed by atoms with Gasteiger partial charge in [0.25, 0.3) is 11.8 Å². The molecule has 144 valence electrons. The maximum Gasteiger partial charge on any atom is 0.267 e. The molecule has 2 atom stereocenters. The minimum Gasteiger partial charge on any atom is -0.346 e. The number of carbonyl (C=O) groups excluding carboxylic acids is 3. The largest absolute Gasteiger partial charge is 0.346 e. The molecule has 1 N–H and O–H groups in total. The zero-order valence-corrected chi connectivity index (χ0v) is 16.4. The standard InChI is InChI=1S/C21H20ClN3O3/c1-13(14-7-3-5-9-16(14)22)23-20(28)21-12-11-18(26)25(21)17-10-6-4-8-15(17)19(27)24(21)2/h3-10,13H,11-12H2,1-2H3,(H,23,28). The normalized spacial score (nSPS) is 22.0. The van der Waals surface area contributed by atoms with E-state index in [1.807, 2.05) is 25.1 Å². The van der Waals surface area contributed by atoms with Gasteiger partial charge < -0.3 is 10.2 Å². The van der Waals surface area contributed by atoms with E-state index < -0.39 is 11.6 Å². The predicted molar refractivity (Wildman–Crippen MR) is 106 cm³/mol. The molecule has 1 fully saturated rings. The summed E-state index contributed by atoms with van der Waals surface area (Å²) < 4.78 is 0. The molecule has 0 saturated carbocycles. The second-order valence-electron chi connectivity index (χ2n) is 7.14. The zero-order valence-electron chi connectivity index (χ0n) is 15.6. The minimum atomic E-state index is -1.38. The van der Waals surface area contributed by atoms with Gasteiger partial charge in [-0.05, 0) is 30.7 Å². The summed E-state index contributed by atoms with van der Waals surface area (Å²) in [5, 5.41) is 3.51. The van der Waals surface area contributed by atoms with Crippen LogP contribution in [0.5, 0.6) is 0 Å². The van der Waals surface area contributed by atoms with Crippen LogP contribution in [0.15, 0.2) is 48.5 Å². The Morgan fingerprint density at radius 1 is 1.14 bits per heavy atom. The molecule has 3 amide bonds. The molecule has 6 nitrogen and oxygen atoms in total. The summed E-state index contributed by atoms with van der Waals surface area (Å²) in [6.07, 6.45) is 0.434. The third kappa shape index (κ3) is 2.52. The number of rotatable bonds is 3. The fourth-order valence-electron chi connectivity index (χ4n) is 4.14. The molecule has 28 heavy (non-hydrogen) atoms. The van der Waals surface area contributed by atoms with Crippen LogP contribution in [0, 0.1) is 0 Å². The topological polar surface area (TPSA) is 69.7 Å². The van der Waals surface area contributed by atoms with Gasteiger partial charge in [-0.25, -0.2) is 0 Å². The molecule has 0 spiro atoms. The maximum atomic E-state index is 13.5. The zero-order chi connectivity index (χ0) is 20.1. The quantitative estimate of drug-likeness (QED) is 0.865. The number of fused-ring (bicyclic) bond motifs is 3. The van der Waals surface area contributed by atoms with Crippen LogP contribution in [0.4, 0.5) is 5.69 Å². The number of nitrogens with zero attached hydrogens (tertiary/aromatic N) is 2. The lowest BCUT2D eigenvalue weighted by atomic mass is 9.95. The van der Waals surface area contributed by atoms with Crippen LogP contribution in [0.25, 0.3) is 0 Å². The molecule has 2 aromatic carbocycles. The van der Waals surface area contributed by atoms with Crippen molar-refractivity contribution in [3.63, 3.8) is 0 Å². The van der Waals surface area contributed by atoms with Crippen LogP contribution in [0.1, 0.15) is 41.7 Å². The summed E-state index contributed by atoms with van der Waals surface area (Å²) in [7, 11) is 1.57. The van der Waals surface area contributed by atoms with E-state index in [1.165, 1.54) is 9.80 Å². The molecule has 2 aliphatic rings. The van der Waals surface area contributed by atoms with Crippen molar-refractivity contribution >= 4 is 35.0 Å². The summed E-state index contributed by atoms with van der Waals surface area (Å²) in [5.41, 5.74) is 0.296. The summed E-state index contributed by atoms with van der Waals surface area (Å²) in [6.45, 7) is 1.83. The third-order valence-electron chi connectivity index (χ3n) is 5.62. The highest BCUT2D eigenvalue weighted by molar-refractivity contribution is 6.31. The highest BCUT2D eigenvalue weighted by Crippen LogP contribution is 2.44. The van der Waals surface area contributed by atoms with Crippen molar-refractivity contribution in [1.82, 2.24) is 10.2 Å². The number of halogens is 1. The van der Waals surface area contributed by atoms with E-state index >= 15 is 0 Å². The molecule has 0 aromatic heterocycles. The van der Waals surface area contributed by atoms with Crippen molar-refractivity contribution in [3.8, 4) is 0 Å². The molecule has 2 aromatic rings. The van der Waals surface area contributed by atoms with E-state index in [0.717, 1.165) is 5.56 Å². The number of benzene rings is 2. The Bertz CT molecular complexity index is 992. The SMILES string of the molecule is CC(NC(=O)C12CCC(=O)N1c1ccccc1C(=O)N2C)c1ccccc1Cl. The van der Waals surface area contributed by atoms with Gasteiger partial charge in [0.05, 0.1) is 17.3 Å². The van der Waals surface area contributed by atoms with Gasteiger partial charge in [0.15, 0.2) is 0 Å². The second-order valence-corrected chi connectivity index (χ2v) is 7.55. The molecule has 4 rings (SSSR count). The Hall–Kier alpha value is -2.86. The molecule has 7 heteroatoms. The average molecular weight is 398 g/mol.